The first-order valence-corrected chi connectivity index (χ1v) is 6.96. The van der Waals surface area contributed by atoms with Crippen LogP contribution >= 0.6 is 0 Å². The minimum atomic E-state index is -0.891. The van der Waals surface area contributed by atoms with Gasteiger partial charge in [0.05, 0.1) is 5.56 Å². The lowest BCUT2D eigenvalue weighted by molar-refractivity contribution is 0.0696. The summed E-state index contributed by atoms with van der Waals surface area (Å²) in [7, 11) is 1.98. The zero-order valence-electron chi connectivity index (χ0n) is 12.3. The largest absolute Gasteiger partial charge is 0.478 e. The maximum atomic E-state index is 11.2. The third-order valence-electron chi connectivity index (χ3n) is 3.35. The number of nitrogens with zero attached hydrogens (tertiary/aromatic N) is 2. The highest BCUT2D eigenvalue weighted by molar-refractivity contribution is 5.88. The number of hydrogen-bond acceptors (Lipinski definition) is 3. The van der Waals surface area contributed by atoms with Crippen LogP contribution in [-0.4, -0.2) is 29.1 Å². The summed E-state index contributed by atoms with van der Waals surface area (Å²) in [4.78, 5) is 17.8. The van der Waals surface area contributed by atoms with Crippen LogP contribution in [-0.2, 0) is 6.42 Å². The molecule has 0 aliphatic carbocycles. The molecule has 1 aromatic heterocycles. The van der Waals surface area contributed by atoms with Gasteiger partial charge in [-0.05, 0) is 31.9 Å². The molecule has 0 saturated carbocycles. The SMILES string of the molecule is CCCc1cc(C(=O)O)cc(N(C)C(C)CCC)n1. The van der Waals surface area contributed by atoms with E-state index in [1.165, 1.54) is 0 Å². The second-order valence-corrected chi connectivity index (χ2v) is 5.01. The summed E-state index contributed by atoms with van der Waals surface area (Å²) in [6.45, 7) is 6.35. The van der Waals surface area contributed by atoms with Gasteiger partial charge in [-0.2, -0.15) is 0 Å². The highest BCUT2D eigenvalue weighted by atomic mass is 16.4. The Kier molecular flexibility index (Phi) is 5.80. The van der Waals surface area contributed by atoms with Gasteiger partial charge in [0.1, 0.15) is 5.82 Å². The summed E-state index contributed by atoms with van der Waals surface area (Å²) in [5.41, 5.74) is 1.18. The minimum Gasteiger partial charge on any atom is -0.478 e. The number of aromatic nitrogens is 1. The Hall–Kier alpha value is -1.58. The van der Waals surface area contributed by atoms with Crippen LogP contribution in [0.4, 0.5) is 5.82 Å². The molecular formula is C15H24N2O2. The zero-order chi connectivity index (χ0) is 14.4. The van der Waals surface area contributed by atoms with Gasteiger partial charge in [-0.15, -0.1) is 0 Å². The van der Waals surface area contributed by atoms with Gasteiger partial charge in [0.15, 0.2) is 0 Å². The van der Waals surface area contributed by atoms with Gasteiger partial charge in [-0.1, -0.05) is 26.7 Å². The molecule has 19 heavy (non-hydrogen) atoms. The van der Waals surface area contributed by atoms with Crippen molar-refractivity contribution >= 4 is 11.8 Å². The van der Waals surface area contributed by atoms with Crippen molar-refractivity contribution in [2.24, 2.45) is 0 Å². The Balaban J connectivity index is 3.07. The maximum Gasteiger partial charge on any atom is 0.335 e. The molecule has 1 atom stereocenters. The molecule has 1 N–H and O–H groups in total. The Bertz CT molecular complexity index is 432. The maximum absolute atomic E-state index is 11.2. The zero-order valence-corrected chi connectivity index (χ0v) is 12.3. The molecule has 106 valence electrons. The van der Waals surface area contributed by atoms with E-state index < -0.39 is 5.97 Å². The highest BCUT2D eigenvalue weighted by Crippen LogP contribution is 2.19. The highest BCUT2D eigenvalue weighted by Gasteiger charge is 2.14. The summed E-state index contributed by atoms with van der Waals surface area (Å²) in [6, 6.07) is 3.69. The monoisotopic (exact) mass is 264 g/mol. The van der Waals surface area contributed by atoms with Crippen molar-refractivity contribution < 1.29 is 9.90 Å². The topological polar surface area (TPSA) is 53.4 Å². The quantitative estimate of drug-likeness (QED) is 0.820. The van der Waals surface area contributed by atoms with Gasteiger partial charge in [0.25, 0.3) is 0 Å². The molecule has 0 aromatic carbocycles. The van der Waals surface area contributed by atoms with Crippen molar-refractivity contribution in [1.82, 2.24) is 4.98 Å². The smallest absolute Gasteiger partial charge is 0.335 e. The number of anilines is 1. The molecule has 0 radical (unpaired) electrons. The van der Waals surface area contributed by atoms with E-state index >= 15 is 0 Å². The van der Waals surface area contributed by atoms with Gasteiger partial charge in [-0.25, -0.2) is 9.78 Å². The Labute approximate surface area is 115 Å². The molecule has 1 rings (SSSR count). The molecule has 0 amide bonds. The second-order valence-electron chi connectivity index (χ2n) is 5.01. The number of carboxylic acid groups (broad SMARTS) is 1. The molecular weight excluding hydrogens is 240 g/mol. The molecule has 0 aliphatic heterocycles. The van der Waals surface area contributed by atoms with E-state index in [1.807, 2.05) is 7.05 Å². The Morgan fingerprint density at radius 1 is 1.37 bits per heavy atom. The van der Waals surface area contributed by atoms with Crippen LogP contribution in [0.3, 0.4) is 0 Å². The molecule has 0 spiro atoms. The molecule has 1 unspecified atom stereocenters. The van der Waals surface area contributed by atoms with E-state index in [2.05, 4.69) is 30.7 Å². The summed E-state index contributed by atoms with van der Waals surface area (Å²) in [5.74, 6) is -0.137. The minimum absolute atomic E-state index is 0.323. The van der Waals surface area contributed by atoms with Crippen LogP contribution in [0.1, 0.15) is 56.1 Å². The van der Waals surface area contributed by atoms with Crippen LogP contribution in [0.2, 0.25) is 0 Å². The number of aromatic carboxylic acids is 1. The third kappa shape index (κ3) is 4.23. The number of carboxylic acids is 1. The number of rotatable bonds is 7. The van der Waals surface area contributed by atoms with Gasteiger partial charge >= 0.3 is 5.97 Å². The van der Waals surface area contributed by atoms with Crippen LogP contribution in [0.5, 0.6) is 0 Å². The van der Waals surface area contributed by atoms with E-state index in [0.29, 0.717) is 11.6 Å². The van der Waals surface area contributed by atoms with Gasteiger partial charge in [0, 0.05) is 18.8 Å². The normalized spacial score (nSPS) is 12.2. The molecule has 1 heterocycles. The molecule has 0 bridgehead atoms. The summed E-state index contributed by atoms with van der Waals surface area (Å²) in [6.07, 6.45) is 3.94. The van der Waals surface area contributed by atoms with E-state index in [-0.39, 0.29) is 0 Å². The van der Waals surface area contributed by atoms with Crippen molar-refractivity contribution in [3.05, 3.63) is 23.4 Å². The lowest BCUT2D eigenvalue weighted by Gasteiger charge is -2.26. The van der Waals surface area contributed by atoms with Crippen molar-refractivity contribution in [3.8, 4) is 0 Å². The fourth-order valence-corrected chi connectivity index (χ4v) is 2.10. The lowest BCUT2D eigenvalue weighted by atomic mass is 10.1. The van der Waals surface area contributed by atoms with E-state index in [0.717, 1.165) is 37.2 Å². The van der Waals surface area contributed by atoms with Crippen molar-refractivity contribution in [2.45, 2.75) is 52.5 Å². The van der Waals surface area contributed by atoms with Gasteiger partial charge < -0.3 is 10.0 Å². The average molecular weight is 264 g/mol. The van der Waals surface area contributed by atoms with Crippen LogP contribution in [0, 0.1) is 0 Å². The number of carbonyl (C=O) groups is 1. The molecule has 1 aromatic rings. The predicted octanol–water partition coefficient (Wildman–Crippen LogP) is 3.36. The first-order valence-electron chi connectivity index (χ1n) is 6.96. The molecule has 0 fully saturated rings. The fourth-order valence-electron chi connectivity index (χ4n) is 2.10. The third-order valence-corrected chi connectivity index (χ3v) is 3.35. The van der Waals surface area contributed by atoms with Gasteiger partial charge in [0.2, 0.25) is 0 Å². The predicted molar refractivity (Wildman–Crippen MR) is 78.0 cm³/mol. The first-order chi connectivity index (χ1) is 8.99. The molecule has 4 nitrogen and oxygen atoms in total. The second kappa shape index (κ2) is 7.12. The Morgan fingerprint density at radius 3 is 2.58 bits per heavy atom. The van der Waals surface area contributed by atoms with Crippen molar-refractivity contribution in [3.63, 3.8) is 0 Å². The van der Waals surface area contributed by atoms with Crippen molar-refractivity contribution in [2.75, 3.05) is 11.9 Å². The number of pyridine rings is 1. The van der Waals surface area contributed by atoms with Crippen LogP contribution in [0.15, 0.2) is 12.1 Å². The molecule has 4 heteroatoms. The molecule has 0 saturated heterocycles. The average Bonchev–Trinajstić information content (AvgIpc) is 2.38. The van der Waals surface area contributed by atoms with E-state index in [9.17, 15) is 9.90 Å². The first kappa shape index (κ1) is 15.5. The van der Waals surface area contributed by atoms with Crippen LogP contribution < -0.4 is 4.90 Å². The summed E-state index contributed by atoms with van der Waals surface area (Å²) >= 11 is 0. The number of hydrogen-bond donors (Lipinski definition) is 1. The van der Waals surface area contributed by atoms with Gasteiger partial charge in [-0.3, -0.25) is 0 Å². The van der Waals surface area contributed by atoms with E-state index in [4.69, 9.17) is 0 Å². The standard InChI is InChI=1S/C15H24N2O2/c1-5-7-11(3)17(4)14-10-12(15(18)19)9-13(16-14)8-6-2/h9-11H,5-8H2,1-4H3,(H,18,19). The van der Waals surface area contributed by atoms with Crippen LogP contribution in [0.25, 0.3) is 0 Å². The summed E-state index contributed by atoms with van der Waals surface area (Å²) < 4.78 is 0. The molecule has 0 aliphatic rings. The number of aryl methyl sites for hydroxylation is 1. The Morgan fingerprint density at radius 2 is 2.05 bits per heavy atom. The van der Waals surface area contributed by atoms with E-state index in [1.54, 1.807) is 12.1 Å². The lowest BCUT2D eigenvalue weighted by Crippen LogP contribution is -2.29. The summed E-state index contributed by atoms with van der Waals surface area (Å²) in [5, 5.41) is 9.18. The van der Waals surface area contributed by atoms with Crippen molar-refractivity contribution in [1.29, 1.82) is 0 Å². The fraction of sp³-hybridized carbons (Fsp3) is 0.600.